The molecule has 2 rings (SSSR count). The molecule has 1 heterocycles. The third-order valence-electron chi connectivity index (χ3n) is 4.82. The van der Waals surface area contributed by atoms with Crippen molar-refractivity contribution in [1.29, 1.82) is 0 Å². The molecule has 0 atom stereocenters. The van der Waals surface area contributed by atoms with Gasteiger partial charge in [-0.15, -0.1) is 24.0 Å². The van der Waals surface area contributed by atoms with E-state index < -0.39 is 0 Å². The third-order valence-corrected chi connectivity index (χ3v) is 4.82. The molecule has 0 aliphatic carbocycles. The zero-order chi connectivity index (χ0) is 16.7. The second-order valence-electron chi connectivity index (χ2n) is 6.92. The van der Waals surface area contributed by atoms with Crippen molar-refractivity contribution < 1.29 is 0 Å². The molecule has 5 heteroatoms. The number of aliphatic imine (C=N–C) groups is 1. The number of hydrogen-bond donors (Lipinski definition) is 2. The first kappa shape index (κ1) is 21.2. The lowest BCUT2D eigenvalue weighted by atomic mass is 9.99. The Morgan fingerprint density at radius 3 is 2.58 bits per heavy atom. The average molecular weight is 444 g/mol. The molecule has 1 fully saturated rings. The predicted molar refractivity (Wildman–Crippen MR) is 116 cm³/mol. The van der Waals surface area contributed by atoms with Gasteiger partial charge in [-0.2, -0.15) is 0 Å². The molecule has 0 unspecified atom stereocenters. The minimum Gasteiger partial charge on any atom is -0.370 e. The number of rotatable bonds is 6. The quantitative estimate of drug-likeness (QED) is 0.300. The molecule has 0 amide bonds. The summed E-state index contributed by atoms with van der Waals surface area (Å²) >= 11 is 0. The Kier molecular flexibility index (Phi) is 9.66. The number of nitrogens with zero attached hydrogens (tertiary/aromatic N) is 2. The van der Waals surface area contributed by atoms with Gasteiger partial charge in [-0.25, -0.2) is 0 Å². The van der Waals surface area contributed by atoms with Crippen molar-refractivity contribution in [2.75, 3.05) is 31.5 Å². The van der Waals surface area contributed by atoms with Crippen LogP contribution in [0.4, 0.5) is 5.69 Å². The number of halogens is 1. The highest BCUT2D eigenvalue weighted by molar-refractivity contribution is 14.0. The zero-order valence-corrected chi connectivity index (χ0v) is 17.7. The molecule has 1 aliphatic rings. The van der Waals surface area contributed by atoms with Crippen molar-refractivity contribution in [3.63, 3.8) is 0 Å². The van der Waals surface area contributed by atoms with E-state index in [-0.39, 0.29) is 24.0 Å². The molecule has 4 nitrogen and oxygen atoms in total. The van der Waals surface area contributed by atoms with Gasteiger partial charge in [0, 0.05) is 12.2 Å². The summed E-state index contributed by atoms with van der Waals surface area (Å²) in [5.74, 6) is 1.42. The zero-order valence-electron chi connectivity index (χ0n) is 15.3. The van der Waals surface area contributed by atoms with Crippen LogP contribution in [0, 0.1) is 19.8 Å². The highest BCUT2D eigenvalue weighted by Crippen LogP contribution is 2.16. The van der Waals surface area contributed by atoms with Gasteiger partial charge in [-0.3, -0.25) is 4.99 Å². The van der Waals surface area contributed by atoms with Gasteiger partial charge in [0.2, 0.25) is 0 Å². The first-order valence-corrected chi connectivity index (χ1v) is 8.91. The summed E-state index contributed by atoms with van der Waals surface area (Å²) in [6, 6.07) is 6.25. The van der Waals surface area contributed by atoms with E-state index in [1.165, 1.54) is 50.0 Å². The second kappa shape index (κ2) is 10.9. The van der Waals surface area contributed by atoms with E-state index >= 15 is 0 Å². The summed E-state index contributed by atoms with van der Waals surface area (Å²) in [5.41, 5.74) is 9.53. The molecular weight excluding hydrogens is 411 g/mol. The largest absolute Gasteiger partial charge is 0.370 e. The van der Waals surface area contributed by atoms with Gasteiger partial charge in [0.05, 0.1) is 0 Å². The van der Waals surface area contributed by atoms with Crippen LogP contribution in [-0.4, -0.2) is 37.0 Å². The summed E-state index contributed by atoms with van der Waals surface area (Å²) in [6.07, 6.45) is 5.01. The summed E-state index contributed by atoms with van der Waals surface area (Å²) < 4.78 is 0. The maximum Gasteiger partial charge on any atom is 0.193 e. The molecule has 24 heavy (non-hydrogen) atoms. The molecule has 1 aromatic carbocycles. The van der Waals surface area contributed by atoms with Crippen molar-refractivity contribution in [2.45, 2.75) is 46.5 Å². The molecule has 0 bridgehead atoms. The van der Waals surface area contributed by atoms with E-state index in [1.807, 2.05) is 6.07 Å². The van der Waals surface area contributed by atoms with Crippen molar-refractivity contribution in [1.82, 2.24) is 4.90 Å². The first-order chi connectivity index (χ1) is 11.0. The van der Waals surface area contributed by atoms with Crippen LogP contribution in [0.25, 0.3) is 0 Å². The number of guanidine groups is 1. The van der Waals surface area contributed by atoms with Gasteiger partial charge < -0.3 is 16.0 Å². The van der Waals surface area contributed by atoms with Crippen molar-refractivity contribution >= 4 is 35.6 Å². The molecule has 1 aliphatic heterocycles. The van der Waals surface area contributed by atoms with E-state index in [4.69, 9.17) is 5.73 Å². The lowest BCUT2D eigenvalue weighted by molar-refractivity contribution is 0.190. The standard InChI is InChI=1S/C19H32N4.HI/c1-15-8-12-23(13-9-15)11-5-4-10-21-19(20)22-18-7-6-16(2)17(3)14-18;/h6-7,14-15H,4-5,8-13H2,1-3H3,(H3,20,21,22);1H. The minimum atomic E-state index is 0. The number of aryl methyl sites for hydroxylation is 2. The van der Waals surface area contributed by atoms with E-state index in [0.717, 1.165) is 24.6 Å². The highest BCUT2D eigenvalue weighted by Gasteiger charge is 2.14. The fraction of sp³-hybridized carbons (Fsp3) is 0.632. The Balaban J connectivity index is 0.00000288. The van der Waals surface area contributed by atoms with Crippen LogP contribution in [0.2, 0.25) is 0 Å². The third kappa shape index (κ3) is 7.38. The SMILES string of the molecule is Cc1ccc(NC(N)=NCCCCN2CCC(C)CC2)cc1C.I. The van der Waals surface area contributed by atoms with Gasteiger partial charge in [0.15, 0.2) is 5.96 Å². The number of anilines is 1. The maximum absolute atomic E-state index is 5.96. The molecule has 0 aromatic heterocycles. The predicted octanol–water partition coefficient (Wildman–Crippen LogP) is 4.16. The van der Waals surface area contributed by atoms with Crippen molar-refractivity contribution in [3.05, 3.63) is 29.3 Å². The van der Waals surface area contributed by atoms with Crippen LogP contribution in [0.15, 0.2) is 23.2 Å². The molecule has 136 valence electrons. The Morgan fingerprint density at radius 2 is 1.92 bits per heavy atom. The van der Waals surface area contributed by atoms with Gasteiger partial charge in [-0.1, -0.05) is 13.0 Å². The Hall–Kier alpha value is -0.820. The van der Waals surface area contributed by atoms with Crippen LogP contribution >= 0.6 is 24.0 Å². The first-order valence-electron chi connectivity index (χ1n) is 8.91. The summed E-state index contributed by atoms with van der Waals surface area (Å²) in [5, 5.41) is 3.17. The Labute approximate surface area is 164 Å². The van der Waals surface area contributed by atoms with Crippen molar-refractivity contribution in [3.8, 4) is 0 Å². The van der Waals surface area contributed by atoms with Crippen LogP contribution in [-0.2, 0) is 0 Å². The number of benzene rings is 1. The van der Waals surface area contributed by atoms with Crippen LogP contribution in [0.1, 0.15) is 43.7 Å². The molecule has 0 saturated carbocycles. The molecular formula is C19H33IN4. The summed E-state index contributed by atoms with van der Waals surface area (Å²) in [4.78, 5) is 7.01. The van der Waals surface area contributed by atoms with E-state index in [1.54, 1.807) is 0 Å². The maximum atomic E-state index is 5.96. The smallest absolute Gasteiger partial charge is 0.193 e. The fourth-order valence-corrected chi connectivity index (χ4v) is 2.94. The van der Waals surface area contributed by atoms with E-state index in [0.29, 0.717) is 5.96 Å². The molecule has 0 radical (unpaired) electrons. The van der Waals surface area contributed by atoms with Crippen LogP contribution in [0.5, 0.6) is 0 Å². The number of nitrogens with two attached hydrogens (primary N) is 1. The van der Waals surface area contributed by atoms with Crippen molar-refractivity contribution in [2.24, 2.45) is 16.6 Å². The monoisotopic (exact) mass is 444 g/mol. The highest BCUT2D eigenvalue weighted by atomic mass is 127. The number of piperidine rings is 1. The Bertz CT molecular complexity index is 522. The number of unbranched alkanes of at least 4 members (excludes halogenated alkanes) is 1. The van der Waals surface area contributed by atoms with E-state index in [9.17, 15) is 0 Å². The number of hydrogen-bond acceptors (Lipinski definition) is 2. The van der Waals surface area contributed by atoms with E-state index in [2.05, 4.69) is 48.1 Å². The van der Waals surface area contributed by atoms with Gasteiger partial charge >= 0.3 is 0 Å². The fourth-order valence-electron chi connectivity index (χ4n) is 2.94. The van der Waals surface area contributed by atoms with Gasteiger partial charge in [0.25, 0.3) is 0 Å². The second-order valence-corrected chi connectivity index (χ2v) is 6.92. The lowest BCUT2D eigenvalue weighted by Gasteiger charge is -2.30. The van der Waals surface area contributed by atoms with Gasteiger partial charge in [0.1, 0.15) is 0 Å². The number of likely N-dealkylation sites (tertiary alicyclic amines) is 1. The minimum absolute atomic E-state index is 0. The molecule has 1 aromatic rings. The molecule has 3 N–H and O–H groups in total. The molecule has 0 spiro atoms. The summed E-state index contributed by atoms with van der Waals surface area (Å²) in [6.45, 7) is 11.1. The lowest BCUT2D eigenvalue weighted by Crippen LogP contribution is -2.33. The van der Waals surface area contributed by atoms with Gasteiger partial charge in [-0.05, 0) is 88.3 Å². The normalized spacial score (nSPS) is 16.7. The topological polar surface area (TPSA) is 53.6 Å². The number of nitrogens with one attached hydrogen (secondary N) is 1. The average Bonchev–Trinajstić information content (AvgIpc) is 2.52. The van der Waals surface area contributed by atoms with Crippen LogP contribution < -0.4 is 11.1 Å². The molecule has 1 saturated heterocycles. The Morgan fingerprint density at radius 1 is 1.21 bits per heavy atom. The van der Waals surface area contributed by atoms with Crippen LogP contribution in [0.3, 0.4) is 0 Å². The summed E-state index contributed by atoms with van der Waals surface area (Å²) in [7, 11) is 0.